The Morgan fingerprint density at radius 2 is 1.76 bits per heavy atom. The molecule has 0 aliphatic carbocycles. The zero-order chi connectivity index (χ0) is 14.9. The van der Waals surface area contributed by atoms with Gasteiger partial charge in [0, 0.05) is 37.8 Å². The molecule has 1 aromatic rings. The molecule has 2 fully saturated rings. The first-order valence-electron chi connectivity index (χ1n) is 7.71. The van der Waals surface area contributed by atoms with Gasteiger partial charge in [0.2, 0.25) is 10.0 Å². The van der Waals surface area contributed by atoms with Gasteiger partial charge in [-0.05, 0) is 37.8 Å². The van der Waals surface area contributed by atoms with Crippen LogP contribution in [0.4, 0.5) is 5.82 Å². The van der Waals surface area contributed by atoms with Crippen molar-refractivity contribution in [3.63, 3.8) is 0 Å². The molecule has 0 radical (unpaired) electrons. The van der Waals surface area contributed by atoms with Gasteiger partial charge < -0.3 is 4.90 Å². The summed E-state index contributed by atoms with van der Waals surface area (Å²) < 4.78 is 24.7. The highest BCUT2D eigenvalue weighted by molar-refractivity contribution is 7.88. The SMILES string of the molecule is CS(=O)(=O)N1CCC(c2cccc(N3CCCC3)n2)CC1. The average molecular weight is 309 g/mol. The summed E-state index contributed by atoms with van der Waals surface area (Å²) in [5.74, 6) is 1.46. The van der Waals surface area contributed by atoms with E-state index in [4.69, 9.17) is 4.98 Å². The number of hydrogen-bond acceptors (Lipinski definition) is 4. The topological polar surface area (TPSA) is 53.5 Å². The molecule has 0 aromatic carbocycles. The van der Waals surface area contributed by atoms with Gasteiger partial charge in [0.25, 0.3) is 0 Å². The number of pyridine rings is 1. The lowest BCUT2D eigenvalue weighted by Crippen LogP contribution is -2.37. The van der Waals surface area contributed by atoms with Crippen molar-refractivity contribution in [3.8, 4) is 0 Å². The Bertz CT molecular complexity index is 589. The van der Waals surface area contributed by atoms with Crippen LogP contribution < -0.4 is 4.90 Å². The molecule has 0 amide bonds. The Hall–Kier alpha value is -1.14. The molecule has 0 N–H and O–H groups in total. The Kier molecular flexibility index (Phi) is 4.17. The number of anilines is 1. The molecular formula is C15H23N3O2S. The van der Waals surface area contributed by atoms with Crippen molar-refractivity contribution in [2.45, 2.75) is 31.6 Å². The molecule has 2 aliphatic rings. The monoisotopic (exact) mass is 309 g/mol. The van der Waals surface area contributed by atoms with Crippen LogP contribution in [0.5, 0.6) is 0 Å². The molecule has 2 saturated heterocycles. The normalized spacial score (nSPS) is 21.9. The molecule has 3 heterocycles. The smallest absolute Gasteiger partial charge is 0.211 e. The second kappa shape index (κ2) is 5.93. The fourth-order valence-corrected chi connectivity index (χ4v) is 4.15. The van der Waals surface area contributed by atoms with Crippen LogP contribution in [0.1, 0.15) is 37.3 Å². The predicted molar refractivity (Wildman–Crippen MR) is 84.1 cm³/mol. The standard InChI is InChI=1S/C15H23N3O2S/c1-21(19,20)18-11-7-13(8-12-18)14-5-4-6-15(16-14)17-9-2-3-10-17/h4-6,13H,2-3,7-12H2,1H3. The van der Waals surface area contributed by atoms with E-state index in [0.29, 0.717) is 19.0 Å². The van der Waals surface area contributed by atoms with Gasteiger partial charge in [-0.1, -0.05) is 6.07 Å². The van der Waals surface area contributed by atoms with Gasteiger partial charge in [0.15, 0.2) is 0 Å². The van der Waals surface area contributed by atoms with Crippen LogP contribution in [0.3, 0.4) is 0 Å². The van der Waals surface area contributed by atoms with Crippen molar-refractivity contribution in [2.75, 3.05) is 37.3 Å². The summed E-state index contributed by atoms with van der Waals surface area (Å²) in [4.78, 5) is 7.17. The molecular weight excluding hydrogens is 286 g/mol. The fourth-order valence-electron chi connectivity index (χ4n) is 3.27. The van der Waals surface area contributed by atoms with E-state index in [-0.39, 0.29) is 0 Å². The molecule has 0 spiro atoms. The van der Waals surface area contributed by atoms with Gasteiger partial charge in [-0.3, -0.25) is 0 Å². The summed E-state index contributed by atoms with van der Waals surface area (Å²) in [6.07, 6.45) is 5.52. The third-order valence-corrected chi connectivity index (χ3v) is 5.83. The summed E-state index contributed by atoms with van der Waals surface area (Å²) >= 11 is 0. The van der Waals surface area contributed by atoms with Crippen LogP contribution in [0, 0.1) is 0 Å². The first kappa shape index (κ1) is 14.8. The largest absolute Gasteiger partial charge is 0.357 e. The molecule has 0 bridgehead atoms. The molecule has 5 nitrogen and oxygen atoms in total. The zero-order valence-electron chi connectivity index (χ0n) is 12.5. The van der Waals surface area contributed by atoms with Gasteiger partial charge in [-0.25, -0.2) is 17.7 Å². The summed E-state index contributed by atoms with van der Waals surface area (Å²) in [5.41, 5.74) is 1.12. The number of piperidine rings is 1. The highest BCUT2D eigenvalue weighted by atomic mass is 32.2. The van der Waals surface area contributed by atoms with E-state index in [1.807, 2.05) is 0 Å². The molecule has 21 heavy (non-hydrogen) atoms. The van der Waals surface area contributed by atoms with Gasteiger partial charge in [-0.15, -0.1) is 0 Å². The number of sulfonamides is 1. The van der Waals surface area contributed by atoms with Crippen LogP contribution in [0.15, 0.2) is 18.2 Å². The van der Waals surface area contributed by atoms with Gasteiger partial charge >= 0.3 is 0 Å². The van der Waals surface area contributed by atoms with E-state index in [0.717, 1.165) is 37.4 Å². The highest BCUT2D eigenvalue weighted by Crippen LogP contribution is 2.29. The quantitative estimate of drug-likeness (QED) is 0.854. The minimum atomic E-state index is -3.05. The van der Waals surface area contributed by atoms with Crippen molar-refractivity contribution in [3.05, 3.63) is 23.9 Å². The van der Waals surface area contributed by atoms with Gasteiger partial charge in [0.1, 0.15) is 5.82 Å². The molecule has 6 heteroatoms. The number of nitrogens with zero attached hydrogens (tertiary/aromatic N) is 3. The second-order valence-electron chi connectivity index (χ2n) is 6.05. The molecule has 116 valence electrons. The average Bonchev–Trinajstić information content (AvgIpc) is 3.01. The van der Waals surface area contributed by atoms with Crippen molar-refractivity contribution in [1.82, 2.24) is 9.29 Å². The first-order valence-corrected chi connectivity index (χ1v) is 9.56. The molecule has 2 aliphatic heterocycles. The summed E-state index contributed by atoms with van der Waals surface area (Å²) in [7, 11) is -3.05. The molecule has 3 rings (SSSR count). The van der Waals surface area contributed by atoms with Crippen molar-refractivity contribution in [2.24, 2.45) is 0 Å². The lowest BCUT2D eigenvalue weighted by Gasteiger charge is -2.30. The van der Waals surface area contributed by atoms with Crippen LogP contribution in [0.2, 0.25) is 0 Å². The van der Waals surface area contributed by atoms with E-state index >= 15 is 0 Å². The van der Waals surface area contributed by atoms with Gasteiger partial charge in [-0.2, -0.15) is 0 Å². The lowest BCUT2D eigenvalue weighted by molar-refractivity contribution is 0.318. The summed E-state index contributed by atoms with van der Waals surface area (Å²) in [5, 5.41) is 0. The van der Waals surface area contributed by atoms with Crippen molar-refractivity contribution < 1.29 is 8.42 Å². The van der Waals surface area contributed by atoms with Crippen molar-refractivity contribution in [1.29, 1.82) is 0 Å². The Labute approximate surface area is 127 Å². The van der Waals surface area contributed by atoms with Crippen LogP contribution in [-0.4, -0.2) is 50.1 Å². The molecule has 0 unspecified atom stereocenters. The molecule has 0 saturated carbocycles. The number of rotatable bonds is 3. The minimum Gasteiger partial charge on any atom is -0.357 e. The Morgan fingerprint density at radius 1 is 1.10 bits per heavy atom. The lowest BCUT2D eigenvalue weighted by atomic mass is 9.94. The Morgan fingerprint density at radius 3 is 2.38 bits per heavy atom. The number of aromatic nitrogens is 1. The zero-order valence-corrected chi connectivity index (χ0v) is 13.3. The van der Waals surface area contributed by atoms with E-state index in [9.17, 15) is 8.42 Å². The first-order chi connectivity index (χ1) is 10.0. The maximum Gasteiger partial charge on any atom is 0.211 e. The third-order valence-electron chi connectivity index (χ3n) is 4.53. The van der Waals surface area contributed by atoms with Crippen LogP contribution in [-0.2, 0) is 10.0 Å². The van der Waals surface area contributed by atoms with Gasteiger partial charge in [0.05, 0.1) is 6.26 Å². The van der Waals surface area contributed by atoms with Crippen LogP contribution in [0.25, 0.3) is 0 Å². The maximum absolute atomic E-state index is 11.6. The summed E-state index contributed by atoms with van der Waals surface area (Å²) in [6.45, 7) is 3.42. The van der Waals surface area contributed by atoms with E-state index in [2.05, 4.69) is 23.1 Å². The van der Waals surface area contributed by atoms with E-state index in [1.54, 1.807) is 4.31 Å². The Balaban J connectivity index is 1.69. The number of hydrogen-bond donors (Lipinski definition) is 0. The van der Waals surface area contributed by atoms with E-state index in [1.165, 1.54) is 19.1 Å². The predicted octanol–water partition coefficient (Wildman–Crippen LogP) is 1.82. The highest BCUT2D eigenvalue weighted by Gasteiger charge is 2.26. The third kappa shape index (κ3) is 3.37. The minimum absolute atomic E-state index is 0.380. The summed E-state index contributed by atoms with van der Waals surface area (Å²) in [6, 6.07) is 6.25. The maximum atomic E-state index is 11.6. The van der Waals surface area contributed by atoms with Crippen molar-refractivity contribution >= 4 is 15.8 Å². The fraction of sp³-hybridized carbons (Fsp3) is 0.667. The second-order valence-corrected chi connectivity index (χ2v) is 8.03. The van der Waals surface area contributed by atoms with E-state index < -0.39 is 10.0 Å². The molecule has 1 aromatic heterocycles. The molecule has 0 atom stereocenters. The van der Waals surface area contributed by atoms with Crippen LogP contribution >= 0.6 is 0 Å².